The van der Waals surface area contributed by atoms with E-state index in [1.165, 1.54) is 53.9 Å². The molecule has 0 saturated heterocycles. The Morgan fingerprint density at radius 1 is 0.925 bits per heavy atom. The van der Waals surface area contributed by atoms with Gasteiger partial charge in [-0.25, -0.2) is 31.8 Å². The number of ether oxygens (including phenoxy) is 3. The summed E-state index contributed by atoms with van der Waals surface area (Å²) in [6, 6.07) is 20.4. The van der Waals surface area contributed by atoms with Gasteiger partial charge >= 0.3 is 12.2 Å². The highest BCUT2D eigenvalue weighted by molar-refractivity contribution is 7.90. The quantitative estimate of drug-likeness (QED) is 0.163. The van der Waals surface area contributed by atoms with Crippen LogP contribution in [0.4, 0.5) is 31.3 Å². The molecular weight excluding hydrogens is 708 g/mol. The second-order valence-corrected chi connectivity index (χ2v) is 15.0. The van der Waals surface area contributed by atoms with E-state index in [2.05, 4.69) is 15.4 Å². The lowest BCUT2D eigenvalue weighted by atomic mass is 10.1. The minimum atomic E-state index is -3.61. The Balaban J connectivity index is 1.39. The number of hydrogen-bond donors (Lipinski definition) is 1. The van der Waals surface area contributed by atoms with Gasteiger partial charge in [-0.2, -0.15) is 4.98 Å². The smallest absolute Gasteiger partial charge is 0.421 e. The molecule has 0 aliphatic heterocycles. The van der Waals surface area contributed by atoms with Crippen LogP contribution in [0.2, 0.25) is 0 Å². The number of aromatic nitrogens is 3. The molecule has 0 spiro atoms. The topological polar surface area (TPSA) is 162 Å². The summed E-state index contributed by atoms with van der Waals surface area (Å²) >= 11 is 0. The first-order valence-corrected chi connectivity index (χ1v) is 18.2. The summed E-state index contributed by atoms with van der Waals surface area (Å²) in [6.07, 6.45) is 1.34. The predicted molar refractivity (Wildman–Crippen MR) is 196 cm³/mol. The van der Waals surface area contributed by atoms with Crippen molar-refractivity contribution >= 4 is 50.9 Å². The van der Waals surface area contributed by atoms with Crippen LogP contribution in [0.5, 0.6) is 5.75 Å². The number of carbonyl (C=O) groups is 3. The molecular formula is C37H39FN6O8S. The van der Waals surface area contributed by atoms with Crippen LogP contribution in [-0.2, 0) is 30.5 Å². The highest BCUT2D eigenvalue weighted by Gasteiger charge is 2.29. The Kier molecular flexibility index (Phi) is 11.3. The molecule has 0 radical (unpaired) electrons. The van der Waals surface area contributed by atoms with Crippen molar-refractivity contribution in [2.45, 2.75) is 37.7 Å². The van der Waals surface area contributed by atoms with Crippen molar-refractivity contribution in [2.24, 2.45) is 0 Å². The van der Waals surface area contributed by atoms with Crippen molar-refractivity contribution in [3.05, 3.63) is 96.4 Å². The number of nitrogens with one attached hydrogen (secondary N) is 1. The Hall–Kier alpha value is -6.03. The molecule has 3 amide bonds. The number of anilines is 3. The molecule has 5 aromatic rings. The zero-order valence-electron chi connectivity index (χ0n) is 30.0. The molecule has 0 aliphatic carbocycles. The first-order chi connectivity index (χ1) is 25.0. The van der Waals surface area contributed by atoms with Crippen molar-refractivity contribution in [1.29, 1.82) is 0 Å². The maximum absolute atomic E-state index is 13.7. The van der Waals surface area contributed by atoms with Gasteiger partial charge in [-0.3, -0.25) is 4.79 Å². The van der Waals surface area contributed by atoms with Crippen LogP contribution in [0.15, 0.2) is 90.0 Å². The van der Waals surface area contributed by atoms with Crippen LogP contribution in [0.3, 0.4) is 0 Å². The molecule has 5 rings (SSSR count). The zero-order valence-corrected chi connectivity index (χ0v) is 30.8. The average Bonchev–Trinajstić information content (AvgIpc) is 3.51. The summed E-state index contributed by atoms with van der Waals surface area (Å²) in [7, 11) is -0.777. The first-order valence-electron chi connectivity index (χ1n) is 16.3. The summed E-state index contributed by atoms with van der Waals surface area (Å²) in [6.45, 7) is 5.01. The second-order valence-electron chi connectivity index (χ2n) is 13.0. The Morgan fingerprint density at radius 3 is 2.25 bits per heavy atom. The second kappa shape index (κ2) is 15.7. The molecule has 0 saturated carbocycles. The normalized spacial score (nSPS) is 11.5. The largest absolute Gasteiger partial charge is 0.495 e. The van der Waals surface area contributed by atoms with Gasteiger partial charge < -0.3 is 24.4 Å². The Labute approximate surface area is 306 Å². The molecule has 278 valence electrons. The number of pyridine rings is 1. The summed E-state index contributed by atoms with van der Waals surface area (Å²) in [5.41, 5.74) is 2.57. The van der Waals surface area contributed by atoms with E-state index in [-0.39, 0.29) is 53.6 Å². The number of fused-ring (bicyclic) bond motifs is 1. The molecule has 16 heteroatoms. The van der Waals surface area contributed by atoms with Crippen LogP contribution < -0.4 is 15.0 Å². The molecule has 1 N–H and O–H groups in total. The number of halogens is 1. The highest BCUT2D eigenvalue weighted by Crippen LogP contribution is 2.35. The third kappa shape index (κ3) is 9.85. The van der Waals surface area contributed by atoms with Gasteiger partial charge in [-0.1, -0.05) is 24.3 Å². The number of nitrogens with zero attached hydrogens (tertiary/aromatic N) is 5. The third-order valence-corrected chi connectivity index (χ3v) is 8.77. The molecule has 53 heavy (non-hydrogen) atoms. The van der Waals surface area contributed by atoms with E-state index >= 15 is 0 Å². The molecule has 0 bridgehead atoms. The van der Waals surface area contributed by atoms with Crippen LogP contribution in [0, 0.1) is 5.82 Å². The van der Waals surface area contributed by atoms with E-state index in [4.69, 9.17) is 14.2 Å². The lowest BCUT2D eigenvalue weighted by Gasteiger charge is -2.25. The molecule has 14 nitrogen and oxygen atoms in total. The van der Waals surface area contributed by atoms with Crippen LogP contribution in [-0.4, -0.2) is 85.2 Å². The minimum absolute atomic E-state index is 0.0112. The van der Waals surface area contributed by atoms with Crippen molar-refractivity contribution in [1.82, 2.24) is 19.5 Å². The Bertz CT molecular complexity index is 2240. The van der Waals surface area contributed by atoms with Crippen molar-refractivity contribution in [3.63, 3.8) is 0 Å². The van der Waals surface area contributed by atoms with E-state index in [0.29, 0.717) is 16.9 Å². The van der Waals surface area contributed by atoms with Crippen LogP contribution in [0.1, 0.15) is 26.3 Å². The number of hydrogen-bond acceptors (Lipinski definition) is 10. The van der Waals surface area contributed by atoms with Crippen molar-refractivity contribution < 1.29 is 41.4 Å². The van der Waals surface area contributed by atoms with E-state index in [1.807, 2.05) is 18.2 Å². The average molecular weight is 747 g/mol. The molecule has 0 fully saturated rings. The van der Waals surface area contributed by atoms with Gasteiger partial charge in [0.05, 0.1) is 30.7 Å². The van der Waals surface area contributed by atoms with Gasteiger partial charge in [0.25, 0.3) is 5.95 Å². The van der Waals surface area contributed by atoms with Crippen molar-refractivity contribution in [3.8, 4) is 16.9 Å². The lowest BCUT2D eigenvalue weighted by molar-refractivity contribution is -0.115. The molecule has 3 aromatic carbocycles. The number of amides is 3. The Morgan fingerprint density at radius 2 is 1.60 bits per heavy atom. The van der Waals surface area contributed by atoms with Gasteiger partial charge in [-0.05, 0) is 80.4 Å². The zero-order chi connectivity index (χ0) is 38.5. The highest BCUT2D eigenvalue weighted by atomic mass is 32.2. The number of methoxy groups -OCH3 is 1. The third-order valence-electron chi connectivity index (χ3n) is 7.66. The van der Waals surface area contributed by atoms with Gasteiger partial charge in [-0.15, -0.1) is 5.10 Å². The fraction of sp³-hybridized carbons (Fsp3) is 0.270. The van der Waals surface area contributed by atoms with Crippen LogP contribution in [0.25, 0.3) is 16.8 Å². The van der Waals surface area contributed by atoms with Gasteiger partial charge in [0, 0.05) is 36.8 Å². The number of sulfone groups is 1. The number of carbonyl (C=O) groups excluding carboxylic acids is 3. The van der Waals surface area contributed by atoms with E-state index < -0.39 is 27.6 Å². The lowest BCUT2D eigenvalue weighted by Crippen LogP contribution is -2.37. The molecule has 0 atom stereocenters. The van der Waals surface area contributed by atoms with Gasteiger partial charge in [0.1, 0.15) is 23.8 Å². The number of rotatable bonds is 11. The SMILES string of the molecule is COc1cc(S(C)(=O)=O)ccc1N(C(=O)OCCN(C)C(=O)OC(C)(C)C)c1nc2ccc(-c3ccc(NC(=O)Cc4ccc(F)cc4)cc3)cn2n1. The number of likely N-dealkylation sites (N-methyl/N-ethyl adjacent to an activating group) is 1. The predicted octanol–water partition coefficient (Wildman–Crippen LogP) is 6.27. The summed E-state index contributed by atoms with van der Waals surface area (Å²) in [5, 5.41) is 7.38. The van der Waals surface area contributed by atoms with E-state index in [9.17, 15) is 27.2 Å². The van der Waals surface area contributed by atoms with Gasteiger partial charge in [0.15, 0.2) is 15.5 Å². The summed E-state index contributed by atoms with van der Waals surface area (Å²) in [4.78, 5) is 45.5. The monoisotopic (exact) mass is 746 g/mol. The van der Waals surface area contributed by atoms with Gasteiger partial charge in [0.2, 0.25) is 5.91 Å². The van der Waals surface area contributed by atoms with E-state index in [0.717, 1.165) is 22.3 Å². The maximum Gasteiger partial charge on any atom is 0.421 e. The van der Waals surface area contributed by atoms with E-state index in [1.54, 1.807) is 57.3 Å². The molecule has 2 heterocycles. The molecule has 2 aromatic heterocycles. The molecule has 0 unspecified atom stereocenters. The number of benzene rings is 3. The fourth-order valence-corrected chi connectivity index (χ4v) is 5.64. The summed E-state index contributed by atoms with van der Waals surface area (Å²) in [5.74, 6) is -0.678. The minimum Gasteiger partial charge on any atom is -0.495 e. The first kappa shape index (κ1) is 38.2. The molecule has 0 aliphatic rings. The standard InChI is InChI=1S/C37H39FN6O8S/c1-37(2,3)52-35(46)42(4)19-20-51-36(47)44(30-17-16-29(53(6,48)49)22-31(30)50-5)34-40-32-18-11-26(23-43(32)41-34)25-9-14-28(15-10-25)39-33(45)21-24-7-12-27(38)13-8-24/h7-18,22-23H,19-21H2,1-6H3,(H,39,45). The summed E-state index contributed by atoms with van der Waals surface area (Å²) < 4.78 is 55.6. The van der Waals surface area contributed by atoms with Crippen molar-refractivity contribution in [2.75, 3.05) is 43.8 Å². The fourth-order valence-electron chi connectivity index (χ4n) is 5.00. The van der Waals surface area contributed by atoms with Crippen LogP contribution >= 0.6 is 0 Å². The maximum atomic E-state index is 13.7.